The molecule has 1 amide bonds. The predicted molar refractivity (Wildman–Crippen MR) is 158 cm³/mol. The minimum Gasteiger partial charge on any atom is -0.368 e. The highest BCUT2D eigenvalue weighted by Gasteiger charge is 2.33. The first-order valence-corrected chi connectivity index (χ1v) is 14.1. The molecule has 0 unspecified atom stereocenters. The summed E-state index contributed by atoms with van der Waals surface area (Å²) in [7, 11) is 2.12. The molecule has 0 N–H and O–H groups in total. The number of rotatable bonds is 7. The number of piperazine rings is 1. The molecule has 2 aromatic carbocycles. The van der Waals surface area contributed by atoms with Crippen LogP contribution in [0.5, 0.6) is 0 Å². The van der Waals surface area contributed by atoms with E-state index in [-0.39, 0.29) is 11.5 Å². The van der Waals surface area contributed by atoms with Crippen LogP contribution in [0.2, 0.25) is 0 Å². The monoisotopic (exact) mass is 532 g/mol. The van der Waals surface area contributed by atoms with Crippen LogP contribution in [0.3, 0.4) is 0 Å². The highest BCUT2D eigenvalue weighted by atomic mass is 32.2. The molecule has 0 saturated carbocycles. The summed E-state index contributed by atoms with van der Waals surface area (Å²) in [6.45, 7) is 6.62. The molecular weight excluding hydrogens is 500 g/mol. The fraction of sp³-hybridized carbons (Fsp3) is 0.345. The van der Waals surface area contributed by atoms with Crippen LogP contribution in [0.1, 0.15) is 24.5 Å². The topological polar surface area (TPSA) is 48.8 Å². The lowest BCUT2D eigenvalue weighted by molar-refractivity contribution is -0.122. The predicted octanol–water partition coefficient (Wildman–Crippen LogP) is 4.61. The molecule has 5 rings (SSSR count). The third kappa shape index (κ3) is 5.23. The maximum atomic E-state index is 13.8. The van der Waals surface area contributed by atoms with Gasteiger partial charge >= 0.3 is 0 Å². The van der Waals surface area contributed by atoms with Gasteiger partial charge in [0, 0.05) is 44.7 Å². The number of thioether (sulfide) groups is 1. The second-order valence-electron chi connectivity index (χ2n) is 9.54. The standard InChI is InChI=1S/C29H32N4O2S2/c1-3-32-24-14-8-7-13-22(24)26(31-18-16-30(2)17-19-31)23(27(32)34)20-25-28(35)33(29(36)37-25)15-9-12-21-10-5-4-6-11-21/h4-8,10-11,13-14,20H,3,9,12,15-19H2,1-2H3. The minimum atomic E-state index is -0.108. The van der Waals surface area contributed by atoms with Gasteiger partial charge in [-0.3, -0.25) is 14.5 Å². The Balaban J connectivity index is 1.50. The molecule has 0 spiro atoms. The van der Waals surface area contributed by atoms with Crippen LogP contribution in [0, 0.1) is 0 Å². The van der Waals surface area contributed by atoms with Gasteiger partial charge < -0.3 is 14.4 Å². The van der Waals surface area contributed by atoms with Crippen molar-refractivity contribution >= 4 is 56.9 Å². The van der Waals surface area contributed by atoms with Crippen molar-refractivity contribution in [2.45, 2.75) is 26.3 Å². The van der Waals surface area contributed by atoms with Crippen molar-refractivity contribution in [3.63, 3.8) is 0 Å². The van der Waals surface area contributed by atoms with E-state index in [4.69, 9.17) is 12.2 Å². The Labute approximate surface area is 227 Å². The highest BCUT2D eigenvalue weighted by molar-refractivity contribution is 8.26. The van der Waals surface area contributed by atoms with E-state index in [1.54, 1.807) is 15.5 Å². The number of nitrogens with zero attached hydrogens (tertiary/aromatic N) is 4. The summed E-state index contributed by atoms with van der Waals surface area (Å²) in [4.78, 5) is 34.1. The van der Waals surface area contributed by atoms with Crippen molar-refractivity contribution in [3.05, 3.63) is 81.0 Å². The third-order valence-electron chi connectivity index (χ3n) is 7.16. The number of amides is 1. The summed E-state index contributed by atoms with van der Waals surface area (Å²) >= 11 is 6.90. The Bertz CT molecular complexity index is 1410. The van der Waals surface area contributed by atoms with Gasteiger partial charge in [-0.1, -0.05) is 72.5 Å². The SMILES string of the molecule is CCn1c(=O)c(C=C2SC(=S)N(CCCc3ccccc3)C2=O)c(N2CCN(C)CC2)c2ccccc21. The molecule has 3 aromatic rings. The number of para-hydroxylation sites is 1. The number of hydrogen-bond acceptors (Lipinski definition) is 6. The lowest BCUT2D eigenvalue weighted by Crippen LogP contribution is -2.45. The van der Waals surface area contributed by atoms with Gasteiger partial charge in [0.25, 0.3) is 11.5 Å². The van der Waals surface area contributed by atoms with Gasteiger partial charge in [0.1, 0.15) is 4.32 Å². The van der Waals surface area contributed by atoms with Gasteiger partial charge in [0.2, 0.25) is 0 Å². The van der Waals surface area contributed by atoms with Crippen molar-refractivity contribution in [3.8, 4) is 0 Å². The molecule has 192 valence electrons. The van der Waals surface area contributed by atoms with Gasteiger partial charge in [0.05, 0.1) is 21.7 Å². The Morgan fingerprint density at radius 3 is 2.41 bits per heavy atom. The molecular formula is C29H32N4O2S2. The number of anilines is 1. The van der Waals surface area contributed by atoms with E-state index in [2.05, 4.69) is 35.0 Å². The van der Waals surface area contributed by atoms with E-state index in [1.807, 2.05) is 43.3 Å². The van der Waals surface area contributed by atoms with Crippen LogP contribution in [0.25, 0.3) is 17.0 Å². The van der Waals surface area contributed by atoms with Crippen molar-refractivity contribution in [1.29, 1.82) is 0 Å². The average Bonchev–Trinajstić information content (AvgIpc) is 3.18. The van der Waals surface area contributed by atoms with Crippen LogP contribution in [-0.2, 0) is 17.8 Å². The average molecular weight is 533 g/mol. The number of aryl methyl sites for hydroxylation is 2. The number of pyridine rings is 1. The van der Waals surface area contributed by atoms with Crippen LogP contribution < -0.4 is 10.5 Å². The zero-order chi connectivity index (χ0) is 25.9. The maximum absolute atomic E-state index is 13.8. The summed E-state index contributed by atoms with van der Waals surface area (Å²) < 4.78 is 2.36. The molecule has 0 bridgehead atoms. The molecule has 8 heteroatoms. The molecule has 0 aliphatic carbocycles. The molecule has 0 atom stereocenters. The van der Waals surface area contributed by atoms with Crippen molar-refractivity contribution in [2.24, 2.45) is 0 Å². The molecule has 2 aliphatic rings. The van der Waals surface area contributed by atoms with E-state index in [1.165, 1.54) is 17.3 Å². The van der Waals surface area contributed by atoms with E-state index >= 15 is 0 Å². The van der Waals surface area contributed by atoms with Gasteiger partial charge in [-0.25, -0.2) is 0 Å². The molecule has 2 fully saturated rings. The quantitative estimate of drug-likeness (QED) is 0.327. The normalized spacial score (nSPS) is 17.9. The van der Waals surface area contributed by atoms with Crippen LogP contribution >= 0.6 is 24.0 Å². The lowest BCUT2D eigenvalue weighted by Gasteiger charge is -2.35. The number of thiocarbonyl (C=S) groups is 1. The largest absolute Gasteiger partial charge is 0.368 e. The number of carbonyl (C=O) groups excluding carboxylic acids is 1. The van der Waals surface area contributed by atoms with E-state index in [0.717, 1.165) is 55.6 Å². The van der Waals surface area contributed by atoms with Crippen LogP contribution in [-0.4, -0.2) is 64.4 Å². The summed E-state index contributed by atoms with van der Waals surface area (Å²) in [6, 6.07) is 18.3. The summed E-state index contributed by atoms with van der Waals surface area (Å²) in [5.74, 6) is -0.108. The first-order valence-electron chi connectivity index (χ1n) is 12.9. The minimum absolute atomic E-state index is 0.0653. The lowest BCUT2D eigenvalue weighted by atomic mass is 10.0. The van der Waals surface area contributed by atoms with Gasteiger partial charge in [-0.15, -0.1) is 0 Å². The van der Waals surface area contributed by atoms with Gasteiger partial charge in [-0.2, -0.15) is 0 Å². The smallest absolute Gasteiger partial charge is 0.266 e. The molecule has 0 radical (unpaired) electrons. The molecule has 37 heavy (non-hydrogen) atoms. The van der Waals surface area contributed by atoms with Crippen molar-refractivity contribution < 1.29 is 4.79 Å². The molecule has 6 nitrogen and oxygen atoms in total. The van der Waals surface area contributed by atoms with Gasteiger partial charge in [0.15, 0.2) is 0 Å². The number of aromatic nitrogens is 1. The summed E-state index contributed by atoms with van der Waals surface area (Å²) in [5, 5.41) is 1.04. The van der Waals surface area contributed by atoms with Gasteiger partial charge in [-0.05, 0) is 44.5 Å². The molecule has 2 saturated heterocycles. The van der Waals surface area contributed by atoms with Crippen molar-refractivity contribution in [2.75, 3.05) is 44.7 Å². The van der Waals surface area contributed by atoms with Crippen LogP contribution in [0.4, 0.5) is 5.69 Å². The number of benzene rings is 2. The summed E-state index contributed by atoms with van der Waals surface area (Å²) in [6.07, 6.45) is 3.51. The number of likely N-dealkylation sites (N-methyl/N-ethyl adjacent to an activating group) is 1. The first-order chi connectivity index (χ1) is 18.0. The first kappa shape index (κ1) is 25.7. The molecule has 3 heterocycles. The van der Waals surface area contributed by atoms with Crippen LogP contribution in [0.15, 0.2) is 64.3 Å². The Hall–Kier alpha value is -2.94. The van der Waals surface area contributed by atoms with E-state index in [0.29, 0.717) is 27.9 Å². The molecule has 2 aliphatic heterocycles. The maximum Gasteiger partial charge on any atom is 0.266 e. The second kappa shape index (κ2) is 11.2. The number of carbonyl (C=O) groups is 1. The van der Waals surface area contributed by atoms with E-state index < -0.39 is 0 Å². The van der Waals surface area contributed by atoms with Crippen molar-refractivity contribution in [1.82, 2.24) is 14.4 Å². The second-order valence-corrected chi connectivity index (χ2v) is 11.2. The third-order valence-corrected chi connectivity index (χ3v) is 8.53. The Kier molecular flexibility index (Phi) is 7.79. The zero-order valence-electron chi connectivity index (χ0n) is 21.4. The zero-order valence-corrected chi connectivity index (χ0v) is 23.0. The fourth-order valence-electron chi connectivity index (χ4n) is 5.14. The summed E-state index contributed by atoms with van der Waals surface area (Å²) in [5.41, 5.74) is 3.61. The number of fused-ring (bicyclic) bond motifs is 1. The number of hydrogen-bond donors (Lipinski definition) is 0. The Morgan fingerprint density at radius 2 is 1.68 bits per heavy atom. The molecule has 1 aromatic heterocycles. The highest BCUT2D eigenvalue weighted by Crippen LogP contribution is 2.36. The Morgan fingerprint density at radius 1 is 0.973 bits per heavy atom. The van der Waals surface area contributed by atoms with E-state index in [9.17, 15) is 9.59 Å². The fourth-order valence-corrected chi connectivity index (χ4v) is 6.43.